The van der Waals surface area contributed by atoms with Gasteiger partial charge in [-0.05, 0) is 27.2 Å². The Labute approximate surface area is 108 Å². The summed E-state index contributed by atoms with van der Waals surface area (Å²) in [5.41, 5.74) is 5.41. The Kier molecular flexibility index (Phi) is 7.69. The van der Waals surface area contributed by atoms with Gasteiger partial charge in [-0.1, -0.05) is 0 Å². The van der Waals surface area contributed by atoms with Crippen LogP contribution in [0.1, 0.15) is 27.2 Å². The number of rotatable bonds is 6. The van der Waals surface area contributed by atoms with E-state index >= 15 is 0 Å². The standard InChI is InChI=1S/C11H23N5O2/c1-11(2,3)18-10(17)15-6-4-5-14-8-9(7-12)16-13/h8H,4-7,12-13H2,1-3H3,(H,15,17)/b14-8?,16-9-. The third-order valence-corrected chi connectivity index (χ3v) is 1.75. The molecule has 0 saturated carbocycles. The Bertz CT molecular complexity index is 307. The van der Waals surface area contributed by atoms with Crippen molar-refractivity contribution in [1.82, 2.24) is 5.32 Å². The fourth-order valence-corrected chi connectivity index (χ4v) is 0.984. The van der Waals surface area contributed by atoms with Crippen LogP contribution < -0.4 is 16.9 Å². The zero-order valence-electron chi connectivity index (χ0n) is 11.3. The summed E-state index contributed by atoms with van der Waals surface area (Å²) >= 11 is 0. The third-order valence-electron chi connectivity index (χ3n) is 1.75. The van der Waals surface area contributed by atoms with Gasteiger partial charge in [0.25, 0.3) is 0 Å². The van der Waals surface area contributed by atoms with Crippen LogP contribution in [0.3, 0.4) is 0 Å². The summed E-state index contributed by atoms with van der Waals surface area (Å²) in [6, 6.07) is 0. The zero-order valence-corrected chi connectivity index (χ0v) is 11.3. The fraction of sp³-hybridized carbons (Fsp3) is 0.727. The highest BCUT2D eigenvalue weighted by Gasteiger charge is 2.15. The van der Waals surface area contributed by atoms with Crippen molar-refractivity contribution in [3.63, 3.8) is 0 Å². The smallest absolute Gasteiger partial charge is 0.407 e. The molecule has 0 aliphatic carbocycles. The summed E-state index contributed by atoms with van der Waals surface area (Å²) in [5.74, 6) is 5.07. The van der Waals surface area contributed by atoms with Crippen LogP contribution >= 0.6 is 0 Å². The molecule has 7 heteroatoms. The van der Waals surface area contributed by atoms with Crippen molar-refractivity contribution in [2.75, 3.05) is 19.6 Å². The Hall–Kier alpha value is -1.63. The summed E-state index contributed by atoms with van der Waals surface area (Å²) in [7, 11) is 0. The van der Waals surface area contributed by atoms with Gasteiger partial charge < -0.3 is 21.6 Å². The number of hydrazone groups is 1. The van der Waals surface area contributed by atoms with E-state index in [1.54, 1.807) is 0 Å². The number of hydrogen-bond acceptors (Lipinski definition) is 6. The van der Waals surface area contributed by atoms with Gasteiger partial charge in [0, 0.05) is 25.8 Å². The van der Waals surface area contributed by atoms with Crippen LogP contribution in [0.15, 0.2) is 10.1 Å². The van der Waals surface area contributed by atoms with Crippen LogP contribution in [0.25, 0.3) is 0 Å². The van der Waals surface area contributed by atoms with Crippen molar-refractivity contribution < 1.29 is 9.53 Å². The van der Waals surface area contributed by atoms with Crippen LogP contribution in [-0.2, 0) is 4.74 Å². The molecular weight excluding hydrogens is 234 g/mol. The molecule has 18 heavy (non-hydrogen) atoms. The van der Waals surface area contributed by atoms with Gasteiger partial charge >= 0.3 is 6.09 Å². The molecule has 7 nitrogen and oxygen atoms in total. The molecule has 0 spiro atoms. The van der Waals surface area contributed by atoms with E-state index in [1.165, 1.54) is 6.21 Å². The maximum atomic E-state index is 11.3. The highest BCUT2D eigenvalue weighted by atomic mass is 16.6. The van der Waals surface area contributed by atoms with Gasteiger partial charge in [-0.15, -0.1) is 0 Å². The van der Waals surface area contributed by atoms with Gasteiger partial charge in [-0.25, -0.2) is 4.79 Å². The molecule has 0 aliphatic heterocycles. The molecule has 0 aromatic heterocycles. The predicted octanol–water partition coefficient (Wildman–Crippen LogP) is 0.245. The summed E-state index contributed by atoms with van der Waals surface area (Å²) in [6.45, 7) is 6.78. The van der Waals surface area contributed by atoms with Gasteiger partial charge in [0.1, 0.15) is 5.60 Å². The fourth-order valence-electron chi connectivity index (χ4n) is 0.984. The number of aliphatic imine (C=N–C) groups is 1. The maximum absolute atomic E-state index is 11.3. The van der Waals surface area contributed by atoms with E-state index < -0.39 is 11.7 Å². The van der Waals surface area contributed by atoms with Crippen molar-refractivity contribution in [3.05, 3.63) is 0 Å². The number of nitrogens with one attached hydrogen (secondary N) is 1. The lowest BCUT2D eigenvalue weighted by Gasteiger charge is -2.19. The quantitative estimate of drug-likeness (QED) is 0.274. The van der Waals surface area contributed by atoms with Crippen LogP contribution in [0.5, 0.6) is 0 Å². The minimum absolute atomic E-state index is 0.260. The topological polar surface area (TPSA) is 115 Å². The molecule has 0 aromatic rings. The number of amides is 1. The second-order valence-electron chi connectivity index (χ2n) is 4.64. The van der Waals surface area contributed by atoms with E-state index in [4.69, 9.17) is 16.3 Å². The monoisotopic (exact) mass is 257 g/mol. The average molecular weight is 257 g/mol. The van der Waals surface area contributed by atoms with Crippen molar-refractivity contribution in [2.24, 2.45) is 21.7 Å². The molecule has 0 unspecified atom stereocenters. The lowest BCUT2D eigenvalue weighted by atomic mass is 10.2. The number of hydrogen-bond donors (Lipinski definition) is 3. The molecule has 0 heterocycles. The number of nitrogens with two attached hydrogens (primary N) is 2. The molecule has 5 N–H and O–H groups in total. The van der Waals surface area contributed by atoms with Crippen molar-refractivity contribution in [3.8, 4) is 0 Å². The molecule has 0 atom stereocenters. The molecule has 0 aromatic carbocycles. The van der Waals surface area contributed by atoms with E-state index in [0.29, 0.717) is 25.2 Å². The van der Waals surface area contributed by atoms with Crippen LogP contribution in [0.4, 0.5) is 4.79 Å². The highest BCUT2D eigenvalue weighted by molar-refractivity contribution is 6.31. The Morgan fingerprint density at radius 1 is 1.44 bits per heavy atom. The summed E-state index contributed by atoms with van der Waals surface area (Å²) in [5, 5.41) is 6.09. The van der Waals surface area contributed by atoms with E-state index in [0.717, 1.165) is 0 Å². The first-order valence-corrected chi connectivity index (χ1v) is 5.82. The molecule has 0 rings (SSSR count). The Balaban J connectivity index is 3.66. The minimum Gasteiger partial charge on any atom is -0.444 e. The SMILES string of the molecule is CC(C)(C)OC(=O)NCCCN=C/C(CN)=N\N. The van der Waals surface area contributed by atoms with Crippen molar-refractivity contribution in [1.29, 1.82) is 0 Å². The van der Waals surface area contributed by atoms with Gasteiger partial charge in [-0.3, -0.25) is 4.99 Å². The van der Waals surface area contributed by atoms with Crippen LogP contribution in [0, 0.1) is 0 Å². The molecular formula is C11H23N5O2. The highest BCUT2D eigenvalue weighted by Crippen LogP contribution is 2.06. The second-order valence-corrected chi connectivity index (χ2v) is 4.64. The molecule has 0 radical (unpaired) electrons. The van der Waals surface area contributed by atoms with E-state index in [-0.39, 0.29) is 6.54 Å². The van der Waals surface area contributed by atoms with Crippen molar-refractivity contribution >= 4 is 18.0 Å². The predicted molar refractivity (Wildman–Crippen MR) is 72.9 cm³/mol. The van der Waals surface area contributed by atoms with E-state index in [2.05, 4.69) is 15.4 Å². The first kappa shape index (κ1) is 16.4. The molecule has 0 aliphatic rings. The lowest BCUT2D eigenvalue weighted by molar-refractivity contribution is 0.0527. The van der Waals surface area contributed by atoms with Gasteiger partial charge in [0.05, 0.1) is 5.71 Å². The first-order chi connectivity index (χ1) is 8.39. The van der Waals surface area contributed by atoms with Crippen LogP contribution in [0.2, 0.25) is 0 Å². The van der Waals surface area contributed by atoms with E-state index in [9.17, 15) is 4.79 Å². The normalized spacial score (nSPS) is 12.8. The van der Waals surface area contributed by atoms with Gasteiger partial charge in [0.2, 0.25) is 0 Å². The minimum atomic E-state index is -0.476. The summed E-state index contributed by atoms with van der Waals surface area (Å²) < 4.78 is 5.08. The number of ether oxygens (including phenoxy) is 1. The summed E-state index contributed by atoms with van der Waals surface area (Å²) in [4.78, 5) is 15.3. The molecule has 104 valence electrons. The molecule has 1 amide bonds. The third kappa shape index (κ3) is 9.59. The Morgan fingerprint density at radius 2 is 2.11 bits per heavy atom. The van der Waals surface area contributed by atoms with Crippen LogP contribution in [-0.4, -0.2) is 43.3 Å². The maximum Gasteiger partial charge on any atom is 0.407 e. The molecule has 0 fully saturated rings. The van der Waals surface area contributed by atoms with Gasteiger partial charge in [-0.2, -0.15) is 5.10 Å². The second kappa shape index (κ2) is 8.46. The molecule has 0 bridgehead atoms. The van der Waals surface area contributed by atoms with Crippen molar-refractivity contribution in [2.45, 2.75) is 32.8 Å². The number of alkyl carbamates (subject to hydrolysis) is 1. The number of carbonyl (C=O) groups is 1. The average Bonchev–Trinajstić information content (AvgIpc) is 2.26. The molecule has 0 saturated heterocycles. The lowest BCUT2D eigenvalue weighted by Crippen LogP contribution is -2.33. The number of carbonyl (C=O) groups excluding carboxylic acids is 1. The Morgan fingerprint density at radius 3 is 2.61 bits per heavy atom. The first-order valence-electron chi connectivity index (χ1n) is 5.82. The van der Waals surface area contributed by atoms with Gasteiger partial charge in [0.15, 0.2) is 0 Å². The summed E-state index contributed by atoms with van der Waals surface area (Å²) in [6.07, 6.45) is 1.82. The number of nitrogens with zero attached hydrogens (tertiary/aromatic N) is 2. The zero-order chi connectivity index (χ0) is 14.0. The largest absolute Gasteiger partial charge is 0.444 e. The van der Waals surface area contributed by atoms with E-state index in [1.807, 2.05) is 20.8 Å².